The molecule has 2 rings (SSSR count). The quantitative estimate of drug-likeness (QED) is 0.523. The Bertz CT molecular complexity index is 408. The van der Waals surface area contributed by atoms with E-state index < -0.39 is 36.8 Å². The molecule has 0 radical (unpaired) electrons. The van der Waals surface area contributed by atoms with Crippen LogP contribution in [0, 0.1) is 5.82 Å². The molecule has 4 N–H and O–H groups in total. The zero-order valence-corrected chi connectivity index (χ0v) is 9.40. The number of aliphatic hydroxyl groups is 3. The molecule has 0 saturated carbocycles. The van der Waals surface area contributed by atoms with Crippen molar-refractivity contribution in [2.45, 2.75) is 24.4 Å². The third kappa shape index (κ3) is 2.56. The van der Waals surface area contributed by atoms with Gasteiger partial charge in [0, 0.05) is 0 Å². The summed E-state index contributed by atoms with van der Waals surface area (Å²) in [6, 6.07) is -0.716. The van der Waals surface area contributed by atoms with Gasteiger partial charge in [0.15, 0.2) is 11.6 Å². The van der Waals surface area contributed by atoms with E-state index in [0.717, 1.165) is 12.5 Å². The Hall–Kier alpha value is -1.35. The Kier molecular flexibility index (Phi) is 4.02. The fourth-order valence-corrected chi connectivity index (χ4v) is 1.76. The van der Waals surface area contributed by atoms with Crippen molar-refractivity contribution in [1.29, 1.82) is 0 Å². The summed E-state index contributed by atoms with van der Waals surface area (Å²) >= 11 is 0. The van der Waals surface area contributed by atoms with Gasteiger partial charge >= 0.3 is 0 Å². The number of anilines is 1. The van der Waals surface area contributed by atoms with Crippen molar-refractivity contribution in [2.24, 2.45) is 0 Å². The minimum Gasteiger partial charge on any atom is -0.394 e. The van der Waals surface area contributed by atoms with Gasteiger partial charge in [-0.3, -0.25) is 0 Å². The molecule has 18 heavy (non-hydrogen) atoms. The summed E-state index contributed by atoms with van der Waals surface area (Å²) in [5, 5.41) is 31.0. The summed E-state index contributed by atoms with van der Waals surface area (Å²) in [7, 11) is 0. The molecule has 0 aliphatic carbocycles. The molecular formula is C10H14FN3O4. The molecule has 0 bridgehead atoms. The number of ether oxygens (including phenoxy) is 1. The Morgan fingerprint density at radius 2 is 2.22 bits per heavy atom. The molecule has 7 nitrogen and oxygen atoms in total. The highest BCUT2D eigenvalue weighted by molar-refractivity contribution is 5.36. The van der Waals surface area contributed by atoms with Crippen LogP contribution in [0.2, 0.25) is 0 Å². The topological polar surface area (TPSA) is 108 Å². The van der Waals surface area contributed by atoms with Crippen molar-refractivity contribution in [3.8, 4) is 0 Å². The number of hydrogen-bond acceptors (Lipinski definition) is 7. The van der Waals surface area contributed by atoms with E-state index in [-0.39, 0.29) is 12.4 Å². The maximum Gasteiger partial charge on any atom is 0.183 e. The van der Waals surface area contributed by atoms with Gasteiger partial charge < -0.3 is 25.4 Å². The fourth-order valence-electron chi connectivity index (χ4n) is 1.76. The second-order valence-electron chi connectivity index (χ2n) is 4.01. The molecule has 1 aliphatic rings. The SMILES string of the molecule is OC[C@H]1OC[C@H](Nc2ncncc2F)[C@@H](O)[C@H]1O. The van der Waals surface area contributed by atoms with E-state index in [0.29, 0.717) is 0 Å². The smallest absolute Gasteiger partial charge is 0.183 e. The first-order valence-electron chi connectivity index (χ1n) is 5.44. The van der Waals surface area contributed by atoms with Crippen LogP contribution in [0.25, 0.3) is 0 Å². The van der Waals surface area contributed by atoms with Crippen LogP contribution in [-0.4, -0.2) is 62.9 Å². The normalized spacial score (nSPS) is 32.2. The van der Waals surface area contributed by atoms with Crippen molar-refractivity contribution in [3.05, 3.63) is 18.3 Å². The molecule has 0 spiro atoms. The van der Waals surface area contributed by atoms with E-state index in [1.165, 1.54) is 0 Å². The zero-order chi connectivity index (χ0) is 13.1. The number of aromatic nitrogens is 2. The lowest BCUT2D eigenvalue weighted by Gasteiger charge is -2.37. The van der Waals surface area contributed by atoms with E-state index in [2.05, 4.69) is 15.3 Å². The molecule has 1 aromatic rings. The molecular weight excluding hydrogens is 245 g/mol. The molecule has 1 saturated heterocycles. The van der Waals surface area contributed by atoms with Crippen LogP contribution < -0.4 is 5.32 Å². The molecule has 0 aromatic carbocycles. The van der Waals surface area contributed by atoms with Crippen molar-refractivity contribution in [3.63, 3.8) is 0 Å². The Morgan fingerprint density at radius 1 is 1.44 bits per heavy atom. The van der Waals surface area contributed by atoms with Gasteiger partial charge in [0.1, 0.15) is 24.6 Å². The summed E-state index contributed by atoms with van der Waals surface area (Å²) in [6.07, 6.45) is -1.13. The molecule has 100 valence electrons. The summed E-state index contributed by atoms with van der Waals surface area (Å²) in [6.45, 7) is -0.375. The van der Waals surface area contributed by atoms with Crippen LogP contribution in [0.5, 0.6) is 0 Å². The van der Waals surface area contributed by atoms with Gasteiger partial charge in [-0.05, 0) is 0 Å². The largest absolute Gasteiger partial charge is 0.394 e. The average molecular weight is 259 g/mol. The van der Waals surface area contributed by atoms with Crippen LogP contribution in [-0.2, 0) is 4.74 Å². The Morgan fingerprint density at radius 3 is 2.89 bits per heavy atom. The Labute approximate surface area is 102 Å². The lowest BCUT2D eigenvalue weighted by atomic mass is 9.98. The van der Waals surface area contributed by atoms with Crippen LogP contribution in [0.15, 0.2) is 12.5 Å². The summed E-state index contributed by atoms with van der Waals surface area (Å²) in [4.78, 5) is 7.17. The zero-order valence-electron chi connectivity index (χ0n) is 9.40. The van der Waals surface area contributed by atoms with E-state index in [9.17, 15) is 14.6 Å². The van der Waals surface area contributed by atoms with Crippen LogP contribution in [0.3, 0.4) is 0 Å². The fraction of sp³-hybridized carbons (Fsp3) is 0.600. The monoisotopic (exact) mass is 259 g/mol. The third-order valence-corrected chi connectivity index (χ3v) is 2.80. The van der Waals surface area contributed by atoms with Crippen molar-refractivity contribution >= 4 is 5.82 Å². The lowest BCUT2D eigenvalue weighted by Crippen LogP contribution is -2.56. The molecule has 1 aromatic heterocycles. The van der Waals surface area contributed by atoms with Crippen molar-refractivity contribution in [1.82, 2.24) is 9.97 Å². The highest BCUT2D eigenvalue weighted by atomic mass is 19.1. The molecule has 2 heterocycles. The van der Waals surface area contributed by atoms with E-state index in [1.807, 2.05) is 0 Å². The summed E-state index contributed by atoms with van der Waals surface area (Å²) < 4.78 is 18.4. The van der Waals surface area contributed by atoms with Gasteiger partial charge in [-0.1, -0.05) is 0 Å². The summed E-state index contributed by atoms with van der Waals surface area (Å²) in [5.74, 6) is -0.740. The number of nitrogens with zero attached hydrogens (tertiary/aromatic N) is 2. The molecule has 4 atom stereocenters. The summed E-state index contributed by atoms with van der Waals surface area (Å²) in [5.41, 5.74) is 0. The van der Waals surface area contributed by atoms with Crippen molar-refractivity contribution in [2.75, 3.05) is 18.5 Å². The molecule has 0 unspecified atom stereocenters. The predicted molar refractivity (Wildman–Crippen MR) is 58.2 cm³/mol. The van der Waals surface area contributed by atoms with Gasteiger partial charge in [0.2, 0.25) is 0 Å². The number of nitrogens with one attached hydrogen (secondary N) is 1. The number of aliphatic hydroxyl groups excluding tert-OH is 3. The van der Waals surface area contributed by atoms with Crippen LogP contribution in [0.4, 0.5) is 10.2 Å². The highest BCUT2D eigenvalue weighted by Gasteiger charge is 2.38. The molecule has 0 amide bonds. The number of hydrogen-bond donors (Lipinski definition) is 4. The van der Waals surface area contributed by atoms with Crippen molar-refractivity contribution < 1.29 is 24.4 Å². The first kappa shape index (κ1) is 13.1. The Balaban J connectivity index is 2.05. The van der Waals surface area contributed by atoms with Gasteiger partial charge in [-0.15, -0.1) is 0 Å². The second-order valence-corrected chi connectivity index (χ2v) is 4.01. The number of halogens is 1. The van der Waals surface area contributed by atoms with Gasteiger partial charge in [-0.25, -0.2) is 14.4 Å². The van der Waals surface area contributed by atoms with Crippen LogP contribution in [0.1, 0.15) is 0 Å². The highest BCUT2D eigenvalue weighted by Crippen LogP contribution is 2.19. The minimum absolute atomic E-state index is 0.0207. The van der Waals surface area contributed by atoms with Crippen LogP contribution >= 0.6 is 0 Å². The predicted octanol–water partition coefficient (Wildman–Crippen LogP) is -1.49. The average Bonchev–Trinajstić information content (AvgIpc) is 2.38. The van der Waals surface area contributed by atoms with E-state index in [1.54, 1.807) is 0 Å². The number of rotatable bonds is 3. The van der Waals surface area contributed by atoms with Gasteiger partial charge in [-0.2, -0.15) is 0 Å². The third-order valence-electron chi connectivity index (χ3n) is 2.80. The van der Waals surface area contributed by atoms with Gasteiger partial charge in [0.25, 0.3) is 0 Å². The lowest BCUT2D eigenvalue weighted by molar-refractivity contribution is -0.152. The van der Waals surface area contributed by atoms with E-state index in [4.69, 9.17) is 9.84 Å². The van der Waals surface area contributed by atoms with Gasteiger partial charge in [0.05, 0.1) is 25.5 Å². The minimum atomic E-state index is -1.24. The maximum atomic E-state index is 13.3. The standard InChI is InChI=1S/C10H14FN3O4/c11-5-1-12-4-13-10(5)14-6-3-18-7(2-15)9(17)8(6)16/h1,4,6-9,15-17H,2-3H2,(H,12,13,14)/t6-,7+,8+,9-/m0/s1. The molecule has 1 fully saturated rings. The molecule has 1 aliphatic heterocycles. The second kappa shape index (κ2) is 5.53. The van der Waals surface area contributed by atoms with E-state index >= 15 is 0 Å². The first-order chi connectivity index (χ1) is 8.63. The first-order valence-corrected chi connectivity index (χ1v) is 5.44. The maximum absolute atomic E-state index is 13.3. The molecule has 8 heteroatoms.